The number of esters is 2. The Labute approximate surface area is 159 Å². The van der Waals surface area contributed by atoms with Gasteiger partial charge in [0.05, 0.1) is 26.2 Å². The van der Waals surface area contributed by atoms with Gasteiger partial charge in [0.15, 0.2) is 0 Å². The lowest BCUT2D eigenvalue weighted by Gasteiger charge is -2.37. The van der Waals surface area contributed by atoms with Gasteiger partial charge in [0.25, 0.3) is 0 Å². The maximum absolute atomic E-state index is 13.1. The summed E-state index contributed by atoms with van der Waals surface area (Å²) >= 11 is 3.40. The van der Waals surface area contributed by atoms with Crippen LogP contribution in [-0.4, -0.2) is 56.2 Å². The summed E-state index contributed by atoms with van der Waals surface area (Å²) in [4.78, 5) is 39.6. The Bertz CT molecular complexity index is 730. The summed E-state index contributed by atoms with van der Waals surface area (Å²) < 4.78 is 16.3. The monoisotopic (exact) mass is 425 g/mol. The molecule has 2 aliphatic rings. The first-order valence-corrected chi connectivity index (χ1v) is 9.19. The van der Waals surface area contributed by atoms with Gasteiger partial charge in [-0.3, -0.25) is 14.4 Å². The van der Waals surface area contributed by atoms with Crippen LogP contribution in [-0.2, 0) is 23.9 Å². The van der Waals surface area contributed by atoms with Crippen LogP contribution in [0.1, 0.15) is 18.4 Å². The normalized spacial score (nSPS) is 23.7. The molecule has 3 atom stereocenters. The number of hydrogen-bond acceptors (Lipinski definition) is 6. The van der Waals surface area contributed by atoms with E-state index < -0.39 is 29.7 Å². The van der Waals surface area contributed by atoms with Gasteiger partial charge in [-0.15, -0.1) is 0 Å². The van der Waals surface area contributed by atoms with Crippen LogP contribution in [0.3, 0.4) is 0 Å². The number of hydrogen-bond donors (Lipinski definition) is 0. The van der Waals surface area contributed by atoms with Gasteiger partial charge in [0, 0.05) is 29.0 Å². The third kappa shape index (κ3) is 3.48. The molecule has 140 valence electrons. The Balaban J connectivity index is 2.03. The zero-order chi connectivity index (χ0) is 18.8. The van der Waals surface area contributed by atoms with Crippen LogP contribution < -0.4 is 4.74 Å². The lowest BCUT2D eigenvalue weighted by molar-refractivity contribution is -0.157. The fourth-order valence-corrected chi connectivity index (χ4v) is 3.87. The minimum atomic E-state index is -1.09. The number of carbonyl (C=O) groups is 3. The van der Waals surface area contributed by atoms with Crippen molar-refractivity contribution in [3.05, 3.63) is 28.2 Å². The minimum Gasteiger partial charge on any atom is -0.469 e. The van der Waals surface area contributed by atoms with E-state index in [9.17, 15) is 14.4 Å². The number of halogens is 1. The number of fused-ring (bicyclic) bond motifs is 1. The molecule has 0 saturated carbocycles. The average Bonchev–Trinajstić information content (AvgIpc) is 2.66. The van der Waals surface area contributed by atoms with E-state index in [2.05, 4.69) is 15.9 Å². The molecule has 3 rings (SSSR count). The van der Waals surface area contributed by atoms with Gasteiger partial charge in [-0.05, 0) is 18.2 Å². The molecule has 26 heavy (non-hydrogen) atoms. The molecule has 7 nitrogen and oxygen atoms in total. The molecular weight excluding hydrogens is 406 g/mol. The van der Waals surface area contributed by atoms with Crippen molar-refractivity contribution in [3.63, 3.8) is 0 Å². The minimum absolute atomic E-state index is 0.343. The second-order valence-electron chi connectivity index (χ2n) is 6.36. The van der Waals surface area contributed by atoms with Crippen molar-refractivity contribution < 1.29 is 28.6 Å². The van der Waals surface area contributed by atoms with Crippen molar-refractivity contribution >= 4 is 33.8 Å². The van der Waals surface area contributed by atoms with Gasteiger partial charge in [0.2, 0.25) is 5.91 Å². The summed E-state index contributed by atoms with van der Waals surface area (Å²) in [5, 5.41) is 0. The Morgan fingerprint density at radius 2 is 2.00 bits per heavy atom. The molecular formula is C18H20BrNO6. The van der Waals surface area contributed by atoms with Gasteiger partial charge in [-0.25, -0.2) is 0 Å². The Hall–Kier alpha value is -1.93. The van der Waals surface area contributed by atoms with E-state index >= 15 is 0 Å². The molecule has 1 aromatic carbocycles. The van der Waals surface area contributed by atoms with E-state index in [4.69, 9.17) is 14.2 Å². The molecule has 2 heterocycles. The average molecular weight is 426 g/mol. The second-order valence-corrected chi connectivity index (χ2v) is 7.27. The second kappa shape index (κ2) is 7.75. The van der Waals surface area contributed by atoms with E-state index in [-0.39, 0.29) is 5.91 Å². The van der Waals surface area contributed by atoms with Crippen LogP contribution in [0.15, 0.2) is 22.7 Å². The molecule has 0 N–H and O–H groups in total. The summed E-state index contributed by atoms with van der Waals surface area (Å²) in [5.74, 6) is -3.53. The molecule has 1 saturated heterocycles. The predicted molar refractivity (Wildman–Crippen MR) is 94.6 cm³/mol. The van der Waals surface area contributed by atoms with Gasteiger partial charge in [-0.2, -0.15) is 0 Å². The van der Waals surface area contributed by atoms with E-state index in [1.165, 1.54) is 7.11 Å². The number of carbonyl (C=O) groups excluding carboxylic acids is 3. The number of ether oxygens (including phenoxy) is 3. The van der Waals surface area contributed by atoms with Gasteiger partial charge in [0.1, 0.15) is 11.7 Å². The van der Waals surface area contributed by atoms with Crippen molar-refractivity contribution in [3.8, 4) is 5.75 Å². The van der Waals surface area contributed by atoms with Crippen LogP contribution in [0.25, 0.3) is 0 Å². The number of amides is 1. The Morgan fingerprint density at radius 3 is 2.65 bits per heavy atom. The number of rotatable bonds is 3. The van der Waals surface area contributed by atoms with Gasteiger partial charge >= 0.3 is 11.9 Å². The smallest absolute Gasteiger partial charge is 0.324 e. The van der Waals surface area contributed by atoms with Gasteiger partial charge in [-0.1, -0.05) is 22.9 Å². The van der Waals surface area contributed by atoms with E-state index in [0.29, 0.717) is 37.6 Å². The third-order valence-corrected chi connectivity index (χ3v) is 5.35. The molecule has 1 aromatic rings. The third-order valence-electron chi connectivity index (χ3n) is 4.86. The first-order chi connectivity index (χ1) is 12.4. The number of benzene rings is 1. The maximum Gasteiger partial charge on any atom is 0.324 e. The molecule has 0 spiro atoms. The topological polar surface area (TPSA) is 82.1 Å². The van der Waals surface area contributed by atoms with Crippen molar-refractivity contribution in [1.82, 2.24) is 4.90 Å². The van der Waals surface area contributed by atoms with Crippen molar-refractivity contribution in [2.45, 2.75) is 12.8 Å². The standard InChI is InChI=1S/C18H20BrNO6/c1-10(17(22)24-2)14-12-9-11(19)3-4-13(12)26-18(23)15(14)16(21)20-5-7-25-8-6-20/h3-4,9-10,14-15H,5-8H2,1-2H3/t10?,14-,15-/m1/s1. The number of morpholine rings is 1. The molecule has 1 fully saturated rings. The van der Waals surface area contributed by atoms with E-state index in [0.717, 1.165) is 4.47 Å². The summed E-state index contributed by atoms with van der Waals surface area (Å²) in [6.07, 6.45) is 0. The lowest BCUT2D eigenvalue weighted by atomic mass is 9.75. The number of methoxy groups -OCH3 is 1. The molecule has 0 bridgehead atoms. The molecule has 2 aliphatic heterocycles. The van der Waals surface area contributed by atoms with Crippen LogP contribution in [0.2, 0.25) is 0 Å². The Morgan fingerprint density at radius 1 is 1.31 bits per heavy atom. The molecule has 1 amide bonds. The highest BCUT2D eigenvalue weighted by Gasteiger charge is 2.48. The highest BCUT2D eigenvalue weighted by molar-refractivity contribution is 9.10. The lowest BCUT2D eigenvalue weighted by Crippen LogP contribution is -2.50. The zero-order valence-corrected chi connectivity index (χ0v) is 16.2. The predicted octanol–water partition coefficient (Wildman–Crippen LogP) is 1.74. The summed E-state index contributed by atoms with van der Waals surface area (Å²) in [5.41, 5.74) is 0.642. The SMILES string of the molecule is COC(=O)C(C)[C@@H]1c2cc(Br)ccc2OC(=O)[C@H]1C(=O)N1CCOCC1. The fourth-order valence-electron chi connectivity index (χ4n) is 3.50. The molecule has 1 unspecified atom stereocenters. The fraction of sp³-hybridized carbons (Fsp3) is 0.500. The van der Waals surface area contributed by atoms with Crippen LogP contribution in [0.4, 0.5) is 0 Å². The molecule has 8 heteroatoms. The van der Waals surface area contributed by atoms with E-state index in [1.54, 1.807) is 30.0 Å². The highest BCUT2D eigenvalue weighted by atomic mass is 79.9. The molecule has 0 aliphatic carbocycles. The largest absolute Gasteiger partial charge is 0.469 e. The van der Waals surface area contributed by atoms with E-state index in [1.807, 2.05) is 0 Å². The molecule has 0 aromatic heterocycles. The summed E-state index contributed by atoms with van der Waals surface area (Å²) in [6.45, 7) is 3.33. The van der Waals surface area contributed by atoms with Crippen LogP contribution >= 0.6 is 15.9 Å². The van der Waals surface area contributed by atoms with Gasteiger partial charge < -0.3 is 19.1 Å². The first kappa shape index (κ1) is 18.8. The maximum atomic E-state index is 13.1. The zero-order valence-electron chi connectivity index (χ0n) is 14.6. The van der Waals surface area contributed by atoms with Crippen molar-refractivity contribution in [2.75, 3.05) is 33.4 Å². The van der Waals surface area contributed by atoms with Crippen LogP contribution in [0, 0.1) is 11.8 Å². The van der Waals surface area contributed by atoms with Crippen molar-refractivity contribution in [1.29, 1.82) is 0 Å². The Kier molecular flexibility index (Phi) is 5.62. The first-order valence-electron chi connectivity index (χ1n) is 8.39. The summed E-state index contributed by atoms with van der Waals surface area (Å²) in [7, 11) is 1.29. The molecule has 0 radical (unpaired) electrons. The number of nitrogens with zero attached hydrogens (tertiary/aromatic N) is 1. The van der Waals surface area contributed by atoms with Crippen molar-refractivity contribution in [2.24, 2.45) is 11.8 Å². The quantitative estimate of drug-likeness (QED) is 0.416. The van der Waals surface area contributed by atoms with Crippen LogP contribution in [0.5, 0.6) is 5.75 Å². The summed E-state index contributed by atoms with van der Waals surface area (Å²) in [6, 6.07) is 5.19. The highest BCUT2D eigenvalue weighted by Crippen LogP contribution is 2.44.